The number of halogens is 3. The molecule has 33 heavy (non-hydrogen) atoms. The fourth-order valence-electron chi connectivity index (χ4n) is 3.06. The van der Waals surface area contributed by atoms with Crippen molar-refractivity contribution >= 4 is 11.4 Å². The summed E-state index contributed by atoms with van der Waals surface area (Å²) in [7, 11) is 0. The van der Waals surface area contributed by atoms with Crippen molar-refractivity contribution in [2.45, 2.75) is 6.18 Å². The molecule has 9 heteroatoms. The van der Waals surface area contributed by atoms with Crippen LogP contribution in [0.15, 0.2) is 83.5 Å². The normalized spacial score (nSPS) is 13.8. The van der Waals surface area contributed by atoms with Crippen LogP contribution in [0.25, 0.3) is 11.1 Å². The molecule has 0 spiro atoms. The third-order valence-corrected chi connectivity index (χ3v) is 4.74. The lowest BCUT2D eigenvalue weighted by Gasteiger charge is -2.11. The summed E-state index contributed by atoms with van der Waals surface area (Å²) in [4.78, 5) is 4.08. The summed E-state index contributed by atoms with van der Waals surface area (Å²) in [6.45, 7) is -0.113. The van der Waals surface area contributed by atoms with Crippen molar-refractivity contribution in [1.29, 1.82) is 0 Å². The molecular formula is C24H19F3N2O4. The molecule has 170 valence electrons. The van der Waals surface area contributed by atoms with Crippen LogP contribution in [0.2, 0.25) is 0 Å². The van der Waals surface area contributed by atoms with E-state index in [-0.39, 0.29) is 30.5 Å². The van der Waals surface area contributed by atoms with Gasteiger partial charge in [-0.3, -0.25) is 0 Å². The van der Waals surface area contributed by atoms with E-state index in [0.29, 0.717) is 23.3 Å². The van der Waals surface area contributed by atoms with Gasteiger partial charge < -0.3 is 25.1 Å². The van der Waals surface area contributed by atoms with Gasteiger partial charge in [0.25, 0.3) is 0 Å². The highest BCUT2D eigenvalue weighted by molar-refractivity contribution is 5.98. The third-order valence-electron chi connectivity index (χ3n) is 4.74. The lowest BCUT2D eigenvalue weighted by atomic mass is 10.1. The summed E-state index contributed by atoms with van der Waals surface area (Å²) in [6.07, 6.45) is -4.03. The molecule has 3 aromatic rings. The molecule has 0 atom stereocenters. The number of nitrogens with two attached hydrogens (primary N) is 1. The monoisotopic (exact) mass is 456 g/mol. The fraction of sp³-hybridized carbons (Fsp3) is 0.125. The molecule has 3 N–H and O–H groups in total. The van der Waals surface area contributed by atoms with E-state index in [4.69, 9.17) is 19.9 Å². The summed E-state index contributed by atoms with van der Waals surface area (Å²) in [6, 6.07) is 18.6. The van der Waals surface area contributed by atoms with Crippen LogP contribution >= 0.6 is 0 Å². The number of phenolic OH excluding ortho intramolecular Hbond substituents is 1. The number of alkyl halides is 3. The molecule has 0 amide bonds. The van der Waals surface area contributed by atoms with Crippen molar-refractivity contribution in [2.75, 3.05) is 13.4 Å². The second-order valence-electron chi connectivity index (χ2n) is 7.07. The molecular weight excluding hydrogens is 437 g/mol. The Labute approximate surface area is 187 Å². The van der Waals surface area contributed by atoms with Crippen molar-refractivity contribution in [3.8, 4) is 34.1 Å². The topological polar surface area (TPSA) is 86.3 Å². The van der Waals surface area contributed by atoms with Crippen LogP contribution in [-0.2, 0) is 0 Å². The zero-order valence-corrected chi connectivity index (χ0v) is 17.2. The van der Waals surface area contributed by atoms with Crippen LogP contribution in [0.5, 0.6) is 23.0 Å². The van der Waals surface area contributed by atoms with Crippen LogP contribution in [0.3, 0.4) is 0 Å². The van der Waals surface area contributed by atoms with Gasteiger partial charge >= 0.3 is 6.18 Å². The number of hydrogen-bond donors (Lipinski definition) is 2. The number of aromatic hydroxyl groups is 1. The standard InChI is InChI=1S/C24H19F3N2O4/c25-24(26,27)23(28)12-17(29-19-3-1-2-4-20(19)30)13-31-18-8-5-15(6-9-18)16-7-10-21-22(11-16)33-14-32-21/h1-12,30H,13-14,28H2. The SMILES string of the molecule is NC(=CC(COc1ccc(-c2ccc3c(c2)OCO3)cc1)=Nc1ccccc1O)C(F)(F)F. The third kappa shape index (κ3) is 5.38. The molecule has 0 saturated heterocycles. The molecule has 1 heterocycles. The minimum absolute atomic E-state index is 0.0977. The molecule has 0 unspecified atom stereocenters. The van der Waals surface area contributed by atoms with E-state index in [1.165, 1.54) is 12.1 Å². The van der Waals surface area contributed by atoms with Crippen molar-refractivity contribution < 1.29 is 32.5 Å². The Morgan fingerprint density at radius 3 is 2.42 bits per heavy atom. The van der Waals surface area contributed by atoms with Crippen LogP contribution < -0.4 is 19.9 Å². The Kier molecular flexibility index (Phi) is 6.12. The number of aliphatic imine (C=N–C) groups is 1. The Morgan fingerprint density at radius 2 is 1.70 bits per heavy atom. The van der Waals surface area contributed by atoms with Crippen LogP contribution in [0, 0.1) is 0 Å². The van der Waals surface area contributed by atoms with E-state index in [0.717, 1.165) is 11.1 Å². The van der Waals surface area contributed by atoms with Gasteiger partial charge in [0.1, 0.15) is 29.5 Å². The lowest BCUT2D eigenvalue weighted by molar-refractivity contribution is -0.0925. The second-order valence-corrected chi connectivity index (χ2v) is 7.07. The number of hydrogen-bond acceptors (Lipinski definition) is 6. The molecule has 0 aromatic heterocycles. The summed E-state index contributed by atoms with van der Waals surface area (Å²) >= 11 is 0. The van der Waals surface area contributed by atoms with Crippen LogP contribution in [0.1, 0.15) is 0 Å². The molecule has 0 radical (unpaired) electrons. The number of allylic oxidation sites excluding steroid dienone is 1. The molecule has 0 fully saturated rings. The first-order valence-corrected chi connectivity index (χ1v) is 9.82. The number of benzene rings is 3. The number of para-hydroxylation sites is 2. The summed E-state index contributed by atoms with van der Waals surface area (Å²) < 4.78 is 55.1. The van der Waals surface area contributed by atoms with Crippen molar-refractivity contribution in [2.24, 2.45) is 10.7 Å². The van der Waals surface area contributed by atoms with Gasteiger partial charge in [0.05, 0.1) is 5.71 Å². The highest BCUT2D eigenvalue weighted by atomic mass is 19.4. The highest BCUT2D eigenvalue weighted by Gasteiger charge is 2.31. The Balaban J connectivity index is 1.52. The zero-order chi connectivity index (χ0) is 23.4. The van der Waals surface area contributed by atoms with E-state index < -0.39 is 11.9 Å². The first kappa shape index (κ1) is 22.1. The van der Waals surface area contributed by atoms with Crippen LogP contribution in [0.4, 0.5) is 18.9 Å². The van der Waals surface area contributed by atoms with Gasteiger partial charge in [-0.2, -0.15) is 13.2 Å². The van der Waals surface area contributed by atoms with Crippen molar-refractivity contribution in [3.63, 3.8) is 0 Å². The molecule has 6 nitrogen and oxygen atoms in total. The average molecular weight is 456 g/mol. The molecule has 0 aliphatic carbocycles. The number of fused-ring (bicyclic) bond motifs is 1. The van der Waals surface area contributed by atoms with Gasteiger partial charge in [0, 0.05) is 0 Å². The maximum Gasteiger partial charge on any atom is 0.430 e. The summed E-state index contributed by atoms with van der Waals surface area (Å²) in [5.74, 6) is 1.58. The van der Waals surface area contributed by atoms with E-state index in [2.05, 4.69) is 4.99 Å². The van der Waals surface area contributed by atoms with E-state index >= 15 is 0 Å². The van der Waals surface area contributed by atoms with Crippen LogP contribution in [-0.4, -0.2) is 30.4 Å². The predicted octanol–water partition coefficient (Wildman–Crippen LogP) is 5.34. The number of ether oxygens (including phenoxy) is 3. The van der Waals surface area contributed by atoms with Gasteiger partial charge in [-0.25, -0.2) is 4.99 Å². The van der Waals surface area contributed by atoms with Gasteiger partial charge in [-0.05, 0) is 53.6 Å². The maximum absolute atomic E-state index is 12.9. The second kappa shape index (κ2) is 9.15. The largest absolute Gasteiger partial charge is 0.506 e. The minimum atomic E-state index is -4.72. The zero-order valence-electron chi connectivity index (χ0n) is 17.2. The first-order valence-electron chi connectivity index (χ1n) is 9.82. The smallest absolute Gasteiger partial charge is 0.430 e. The minimum Gasteiger partial charge on any atom is -0.506 e. The lowest BCUT2D eigenvalue weighted by Crippen LogP contribution is -2.22. The molecule has 0 bridgehead atoms. The maximum atomic E-state index is 12.9. The van der Waals surface area contributed by atoms with E-state index in [1.54, 1.807) is 24.3 Å². The van der Waals surface area contributed by atoms with Gasteiger partial charge in [-0.15, -0.1) is 0 Å². The molecule has 0 saturated carbocycles. The van der Waals surface area contributed by atoms with Crippen molar-refractivity contribution in [3.05, 3.63) is 78.5 Å². The highest BCUT2D eigenvalue weighted by Crippen LogP contribution is 2.36. The number of nitrogens with zero attached hydrogens (tertiary/aromatic N) is 1. The van der Waals surface area contributed by atoms with Gasteiger partial charge in [0.15, 0.2) is 11.5 Å². The summed E-state index contributed by atoms with van der Waals surface area (Å²) in [5.41, 5.74) is 5.63. The predicted molar refractivity (Wildman–Crippen MR) is 117 cm³/mol. The fourth-order valence-corrected chi connectivity index (χ4v) is 3.06. The number of rotatable bonds is 6. The van der Waals surface area contributed by atoms with E-state index in [1.807, 2.05) is 30.3 Å². The Morgan fingerprint density at radius 1 is 1.00 bits per heavy atom. The first-order chi connectivity index (χ1) is 15.8. The van der Waals surface area contributed by atoms with Gasteiger partial charge in [0.2, 0.25) is 6.79 Å². The molecule has 1 aliphatic heterocycles. The van der Waals surface area contributed by atoms with Crippen molar-refractivity contribution in [1.82, 2.24) is 0 Å². The van der Waals surface area contributed by atoms with Gasteiger partial charge in [-0.1, -0.05) is 30.3 Å². The average Bonchev–Trinajstić information content (AvgIpc) is 3.26. The Hall–Kier alpha value is -4.14. The Bertz CT molecular complexity index is 1210. The van der Waals surface area contributed by atoms with E-state index in [9.17, 15) is 18.3 Å². The molecule has 4 rings (SSSR count). The quantitative estimate of drug-likeness (QED) is 0.489. The molecule has 3 aromatic carbocycles. The number of phenols is 1. The summed E-state index contributed by atoms with van der Waals surface area (Å²) in [5, 5.41) is 9.90. The molecule has 1 aliphatic rings.